The van der Waals surface area contributed by atoms with Gasteiger partial charge in [-0.25, -0.2) is 9.78 Å². The Balaban J connectivity index is 2.32. The third kappa shape index (κ3) is 8.04. The quantitative estimate of drug-likeness (QED) is 0.664. The van der Waals surface area contributed by atoms with Crippen molar-refractivity contribution in [3.05, 3.63) is 23.9 Å². The highest BCUT2D eigenvalue weighted by molar-refractivity contribution is 5.85. The molecule has 0 bridgehead atoms. The fraction of sp³-hybridized carbons (Fsp3) is 0.562. The molecule has 1 aromatic rings. The van der Waals surface area contributed by atoms with Crippen LogP contribution >= 0.6 is 0 Å². The number of ether oxygens (including phenoxy) is 1. The maximum Gasteiger partial charge on any atom is 0.417 e. The van der Waals surface area contributed by atoms with Gasteiger partial charge >= 0.3 is 12.3 Å². The summed E-state index contributed by atoms with van der Waals surface area (Å²) in [6, 6.07) is 1.33. The van der Waals surface area contributed by atoms with Crippen LogP contribution in [0.4, 0.5) is 23.8 Å². The standard InChI is InChI=1S/C16H23F3N4O3/c1-10(23-14(25)26-15(2,3)4)13(24)21-8-7-20-12-6-5-11(9-22-12)16(17,18)19/h5-6,9-10H,7-8H2,1-4H3,(H,20,22)(H,21,24)(H,23,25)/t10-/m1/s1. The van der Waals surface area contributed by atoms with E-state index in [0.29, 0.717) is 0 Å². The highest BCUT2D eigenvalue weighted by atomic mass is 19.4. The molecule has 1 aromatic heterocycles. The number of hydrogen-bond donors (Lipinski definition) is 3. The predicted octanol–water partition coefficient (Wildman–Crippen LogP) is 2.54. The van der Waals surface area contributed by atoms with Crippen LogP contribution in [0.3, 0.4) is 0 Å². The average Bonchev–Trinajstić information content (AvgIpc) is 2.48. The zero-order valence-corrected chi connectivity index (χ0v) is 15.0. The number of alkyl carbamates (subject to hydrolysis) is 1. The van der Waals surface area contributed by atoms with Crippen LogP contribution in [-0.4, -0.2) is 41.7 Å². The van der Waals surface area contributed by atoms with E-state index in [4.69, 9.17) is 4.74 Å². The molecule has 2 amide bonds. The van der Waals surface area contributed by atoms with Gasteiger partial charge in [0.2, 0.25) is 5.91 Å². The topological polar surface area (TPSA) is 92.3 Å². The van der Waals surface area contributed by atoms with Crippen molar-refractivity contribution < 1.29 is 27.5 Å². The Morgan fingerprint density at radius 3 is 2.35 bits per heavy atom. The molecule has 0 aliphatic carbocycles. The Labute approximate surface area is 149 Å². The van der Waals surface area contributed by atoms with Crippen LogP contribution in [-0.2, 0) is 15.7 Å². The van der Waals surface area contributed by atoms with E-state index in [1.54, 1.807) is 20.8 Å². The Morgan fingerprint density at radius 2 is 1.85 bits per heavy atom. The SMILES string of the molecule is C[C@@H](NC(=O)OC(C)(C)C)C(=O)NCCNc1ccc(C(F)(F)F)cn1. The number of aromatic nitrogens is 1. The summed E-state index contributed by atoms with van der Waals surface area (Å²) < 4.78 is 42.3. The number of carbonyl (C=O) groups excluding carboxylic acids is 2. The molecule has 0 radical (unpaired) electrons. The second-order valence-electron chi connectivity index (χ2n) is 6.52. The number of nitrogens with zero attached hydrogens (tertiary/aromatic N) is 1. The molecule has 146 valence electrons. The molecule has 10 heteroatoms. The molecule has 26 heavy (non-hydrogen) atoms. The van der Waals surface area contributed by atoms with Crippen LogP contribution in [0.25, 0.3) is 0 Å². The monoisotopic (exact) mass is 376 g/mol. The summed E-state index contributed by atoms with van der Waals surface area (Å²) >= 11 is 0. The van der Waals surface area contributed by atoms with Gasteiger partial charge in [0.15, 0.2) is 0 Å². The molecule has 0 fully saturated rings. The number of pyridine rings is 1. The maximum absolute atomic E-state index is 12.4. The number of hydrogen-bond acceptors (Lipinski definition) is 5. The van der Waals surface area contributed by atoms with Crippen molar-refractivity contribution in [1.29, 1.82) is 0 Å². The van der Waals surface area contributed by atoms with Crippen LogP contribution in [0.1, 0.15) is 33.3 Å². The minimum Gasteiger partial charge on any atom is -0.444 e. The lowest BCUT2D eigenvalue weighted by atomic mass is 10.2. The van der Waals surface area contributed by atoms with E-state index in [9.17, 15) is 22.8 Å². The minimum atomic E-state index is -4.43. The fourth-order valence-electron chi connectivity index (χ4n) is 1.75. The lowest BCUT2D eigenvalue weighted by Crippen LogP contribution is -2.47. The predicted molar refractivity (Wildman–Crippen MR) is 89.6 cm³/mol. The van der Waals surface area contributed by atoms with Gasteiger partial charge in [-0.3, -0.25) is 4.79 Å². The van der Waals surface area contributed by atoms with E-state index < -0.39 is 35.4 Å². The van der Waals surface area contributed by atoms with Gasteiger partial charge in [-0.1, -0.05) is 0 Å². The van der Waals surface area contributed by atoms with Crippen LogP contribution in [0.2, 0.25) is 0 Å². The molecule has 0 saturated carbocycles. The van der Waals surface area contributed by atoms with E-state index in [-0.39, 0.29) is 18.9 Å². The van der Waals surface area contributed by atoms with Crippen LogP contribution in [0.5, 0.6) is 0 Å². The largest absolute Gasteiger partial charge is 0.444 e. The molecule has 7 nitrogen and oxygen atoms in total. The second-order valence-corrected chi connectivity index (χ2v) is 6.52. The van der Waals surface area contributed by atoms with Gasteiger partial charge in [0.1, 0.15) is 17.5 Å². The Bertz CT molecular complexity index is 613. The zero-order chi connectivity index (χ0) is 20.0. The molecule has 0 unspecified atom stereocenters. The first-order valence-corrected chi connectivity index (χ1v) is 7.93. The van der Waals surface area contributed by atoms with Crippen LogP contribution in [0.15, 0.2) is 18.3 Å². The Kier molecular flexibility index (Phi) is 7.22. The Morgan fingerprint density at radius 1 is 1.19 bits per heavy atom. The van der Waals surface area contributed by atoms with E-state index >= 15 is 0 Å². The highest BCUT2D eigenvalue weighted by Gasteiger charge is 2.30. The van der Waals surface area contributed by atoms with Crippen LogP contribution in [0, 0.1) is 0 Å². The third-order valence-electron chi connectivity index (χ3n) is 2.95. The molecule has 1 rings (SSSR count). The molecule has 3 N–H and O–H groups in total. The van der Waals surface area contributed by atoms with E-state index in [1.807, 2.05) is 0 Å². The van der Waals surface area contributed by atoms with Crippen molar-refractivity contribution in [2.45, 2.75) is 45.5 Å². The van der Waals surface area contributed by atoms with Gasteiger partial charge < -0.3 is 20.7 Å². The van der Waals surface area contributed by atoms with Crippen molar-refractivity contribution in [3.8, 4) is 0 Å². The normalized spacial score (nSPS) is 12.9. The smallest absolute Gasteiger partial charge is 0.417 e. The van der Waals surface area contributed by atoms with Gasteiger partial charge in [0.05, 0.1) is 5.56 Å². The summed E-state index contributed by atoms with van der Waals surface area (Å²) in [6.45, 7) is 7.07. The lowest BCUT2D eigenvalue weighted by Gasteiger charge is -2.21. The second kappa shape index (κ2) is 8.72. The van der Waals surface area contributed by atoms with Crippen molar-refractivity contribution in [3.63, 3.8) is 0 Å². The summed E-state index contributed by atoms with van der Waals surface area (Å²) in [4.78, 5) is 27.1. The van der Waals surface area contributed by atoms with Crippen molar-refractivity contribution in [2.75, 3.05) is 18.4 Å². The first-order valence-electron chi connectivity index (χ1n) is 7.93. The summed E-state index contributed by atoms with van der Waals surface area (Å²) in [7, 11) is 0. The average molecular weight is 376 g/mol. The van der Waals surface area contributed by atoms with Crippen molar-refractivity contribution in [1.82, 2.24) is 15.6 Å². The minimum absolute atomic E-state index is 0.196. The summed E-state index contributed by atoms with van der Waals surface area (Å²) in [5.74, 6) is -0.162. The number of amides is 2. The summed E-state index contributed by atoms with van der Waals surface area (Å²) in [5.41, 5.74) is -1.50. The molecule has 0 aliphatic rings. The number of rotatable bonds is 6. The number of carbonyl (C=O) groups is 2. The first-order chi connectivity index (χ1) is 11.9. The van der Waals surface area contributed by atoms with E-state index in [0.717, 1.165) is 12.3 Å². The molecule has 0 saturated heterocycles. The molecule has 0 aliphatic heterocycles. The molecular weight excluding hydrogens is 353 g/mol. The molecular formula is C16H23F3N4O3. The van der Waals surface area contributed by atoms with Gasteiger partial charge in [0, 0.05) is 19.3 Å². The molecule has 1 heterocycles. The summed E-state index contributed by atoms with van der Waals surface area (Å²) in [5, 5.41) is 7.76. The molecule has 0 spiro atoms. The number of anilines is 1. The van der Waals surface area contributed by atoms with Crippen molar-refractivity contribution in [2.24, 2.45) is 0 Å². The van der Waals surface area contributed by atoms with Crippen molar-refractivity contribution >= 4 is 17.8 Å². The molecule has 1 atom stereocenters. The third-order valence-corrected chi connectivity index (χ3v) is 2.95. The summed E-state index contributed by atoms with van der Waals surface area (Å²) in [6.07, 6.45) is -4.41. The first kappa shape index (κ1) is 21.5. The Hall–Kier alpha value is -2.52. The fourth-order valence-corrected chi connectivity index (χ4v) is 1.75. The van der Waals surface area contributed by atoms with E-state index in [2.05, 4.69) is 20.9 Å². The van der Waals surface area contributed by atoms with Gasteiger partial charge in [-0.15, -0.1) is 0 Å². The maximum atomic E-state index is 12.4. The molecule has 0 aromatic carbocycles. The van der Waals surface area contributed by atoms with E-state index in [1.165, 1.54) is 13.0 Å². The van der Waals surface area contributed by atoms with Gasteiger partial charge in [-0.2, -0.15) is 13.2 Å². The lowest BCUT2D eigenvalue weighted by molar-refractivity contribution is -0.137. The number of alkyl halides is 3. The van der Waals surface area contributed by atoms with Gasteiger partial charge in [0.25, 0.3) is 0 Å². The number of nitrogens with one attached hydrogen (secondary N) is 3. The van der Waals surface area contributed by atoms with Gasteiger partial charge in [-0.05, 0) is 39.8 Å². The highest BCUT2D eigenvalue weighted by Crippen LogP contribution is 2.28. The number of halogens is 3. The zero-order valence-electron chi connectivity index (χ0n) is 15.0. The van der Waals surface area contributed by atoms with Crippen LogP contribution < -0.4 is 16.0 Å².